The van der Waals surface area contributed by atoms with E-state index in [0.29, 0.717) is 17.3 Å². The highest BCUT2D eigenvalue weighted by atomic mass is 16.6. The highest BCUT2D eigenvalue weighted by molar-refractivity contribution is 6.01. The van der Waals surface area contributed by atoms with Gasteiger partial charge in [0.1, 0.15) is 16.9 Å². The summed E-state index contributed by atoms with van der Waals surface area (Å²) in [7, 11) is 4.99. The van der Waals surface area contributed by atoms with Gasteiger partial charge in [0.05, 0.1) is 18.8 Å². The first-order chi connectivity index (χ1) is 25.6. The molecule has 3 aromatic rings. The summed E-state index contributed by atoms with van der Waals surface area (Å²) in [4.78, 5) is 87.2. The van der Waals surface area contributed by atoms with E-state index >= 15 is 0 Å². The van der Waals surface area contributed by atoms with E-state index in [1.807, 2.05) is 0 Å². The highest BCUT2D eigenvalue weighted by Gasteiger charge is 2.22. The van der Waals surface area contributed by atoms with Gasteiger partial charge in [-0.2, -0.15) is 4.98 Å². The second kappa shape index (κ2) is 18.6. The van der Waals surface area contributed by atoms with Crippen LogP contribution in [0.2, 0.25) is 0 Å². The first kappa shape index (κ1) is 43.0. The number of aryl methyl sites for hydroxylation is 3. The molecular weight excluding hydrogens is 720 g/mol. The number of hydrogen-bond acceptors (Lipinski definition) is 13. The van der Waals surface area contributed by atoms with Crippen LogP contribution in [0.25, 0.3) is 0 Å². The van der Waals surface area contributed by atoms with Crippen LogP contribution in [-0.4, -0.2) is 96.4 Å². The van der Waals surface area contributed by atoms with E-state index in [4.69, 9.17) is 14.2 Å². The zero-order valence-corrected chi connectivity index (χ0v) is 32.7. The van der Waals surface area contributed by atoms with E-state index in [-0.39, 0.29) is 56.0 Å². The van der Waals surface area contributed by atoms with Gasteiger partial charge in [-0.05, 0) is 54.5 Å². The molecule has 21 nitrogen and oxygen atoms in total. The van der Waals surface area contributed by atoms with Crippen LogP contribution in [0.1, 0.15) is 82.4 Å². The molecule has 55 heavy (non-hydrogen) atoms. The molecule has 0 aromatic carbocycles. The van der Waals surface area contributed by atoms with E-state index in [2.05, 4.69) is 46.9 Å². The lowest BCUT2D eigenvalue weighted by Crippen LogP contribution is -2.47. The molecule has 300 valence electrons. The summed E-state index contributed by atoms with van der Waals surface area (Å²) in [5.74, 6) is -1.34. The number of rotatable bonds is 13. The third kappa shape index (κ3) is 14.5. The maximum atomic E-state index is 12.9. The third-order valence-corrected chi connectivity index (χ3v) is 6.72. The van der Waals surface area contributed by atoms with Crippen molar-refractivity contribution in [2.75, 3.05) is 35.6 Å². The molecule has 0 aliphatic rings. The normalized spacial score (nSPS) is 11.2. The van der Waals surface area contributed by atoms with Crippen LogP contribution in [0.5, 0.6) is 0 Å². The fraction of sp³-hybridized carbons (Fsp3) is 0.500. The van der Waals surface area contributed by atoms with E-state index in [1.54, 1.807) is 97.2 Å². The Bertz CT molecular complexity index is 1880. The fourth-order valence-corrected chi connectivity index (χ4v) is 4.51. The number of nitrogens with zero attached hydrogens (tertiary/aromatic N) is 6. The Labute approximate surface area is 318 Å². The molecule has 0 saturated heterocycles. The van der Waals surface area contributed by atoms with Crippen molar-refractivity contribution in [2.45, 2.75) is 72.5 Å². The smallest absolute Gasteiger partial charge is 0.414 e. The average Bonchev–Trinajstić information content (AvgIpc) is 3.70. The van der Waals surface area contributed by atoms with Gasteiger partial charge in [0, 0.05) is 59.1 Å². The monoisotopic (exact) mass is 770 g/mol. The van der Waals surface area contributed by atoms with Gasteiger partial charge in [0.25, 0.3) is 5.91 Å². The Morgan fingerprint density at radius 2 is 1.33 bits per heavy atom. The number of amides is 5. The van der Waals surface area contributed by atoms with Gasteiger partial charge in [-0.3, -0.25) is 30.0 Å². The second-order valence-corrected chi connectivity index (χ2v) is 14.0. The highest BCUT2D eigenvalue weighted by Crippen LogP contribution is 2.20. The topological polar surface area (TPSA) is 255 Å². The van der Waals surface area contributed by atoms with Crippen molar-refractivity contribution < 1.29 is 43.0 Å². The molecule has 3 rings (SSSR count). The summed E-state index contributed by atoms with van der Waals surface area (Å²) in [5, 5.41) is 15.8. The zero-order valence-electron chi connectivity index (χ0n) is 32.7. The molecule has 21 heteroatoms. The lowest BCUT2D eigenvalue weighted by Gasteiger charge is -2.22. The summed E-state index contributed by atoms with van der Waals surface area (Å²) in [5.41, 5.74) is -0.781. The quantitative estimate of drug-likeness (QED) is 0.0635. The summed E-state index contributed by atoms with van der Waals surface area (Å²) in [6, 6.07) is 1.60. The largest absolute Gasteiger partial charge is 0.460 e. The number of alkyl carbamates (subject to hydrolysis) is 2. The zero-order chi connectivity index (χ0) is 41.1. The third-order valence-electron chi connectivity index (χ3n) is 6.72. The minimum Gasteiger partial charge on any atom is -0.460 e. The molecule has 3 heterocycles. The van der Waals surface area contributed by atoms with Crippen molar-refractivity contribution in [1.29, 1.82) is 0 Å². The van der Waals surface area contributed by atoms with Gasteiger partial charge in [-0.15, -0.1) is 0 Å². The molecule has 0 aliphatic heterocycles. The standard InChI is InChI=1S/C34H50N12O9/c1-11-53-28(50)26-40-22(18-45(26)9)38-24(47)12-14-35-27(49)21-16-20(17-44(21)8)37-30-41-23(19-46(30)10)39-25(48)13-15-36-29(42-31(51)54-33(2,3)4)43-32(52)55-34(5,6)7/h16-19H,11-15H2,1-10H3,(H,35,49)(H,37,41)(H,38,47)(H,39,48)(H2,36,42,43,51,52). The van der Waals surface area contributed by atoms with E-state index in [0.717, 1.165) is 0 Å². The molecule has 0 atom stereocenters. The Hall–Kier alpha value is -6.41. The Morgan fingerprint density at radius 3 is 1.91 bits per heavy atom. The van der Waals surface area contributed by atoms with Crippen molar-refractivity contribution in [1.82, 2.24) is 39.6 Å². The average molecular weight is 771 g/mol. The Morgan fingerprint density at radius 1 is 0.764 bits per heavy atom. The Balaban J connectivity index is 1.53. The number of aromatic nitrogens is 5. The molecule has 0 bridgehead atoms. The lowest BCUT2D eigenvalue weighted by molar-refractivity contribution is -0.116. The number of esters is 1. The maximum Gasteiger partial charge on any atom is 0.414 e. The van der Waals surface area contributed by atoms with E-state index < -0.39 is 47.1 Å². The van der Waals surface area contributed by atoms with Crippen molar-refractivity contribution >= 4 is 65.1 Å². The number of aliphatic imine (C=N–C) groups is 1. The van der Waals surface area contributed by atoms with Gasteiger partial charge in [0.2, 0.25) is 29.5 Å². The number of carbonyl (C=O) groups excluding carboxylic acids is 6. The predicted octanol–water partition coefficient (Wildman–Crippen LogP) is 2.91. The van der Waals surface area contributed by atoms with Gasteiger partial charge in [-0.1, -0.05) is 0 Å². The number of hydrogen-bond donors (Lipinski definition) is 6. The summed E-state index contributed by atoms with van der Waals surface area (Å²) < 4.78 is 20.0. The lowest BCUT2D eigenvalue weighted by atomic mass is 10.2. The predicted molar refractivity (Wildman–Crippen MR) is 201 cm³/mol. The van der Waals surface area contributed by atoms with Gasteiger partial charge >= 0.3 is 18.2 Å². The molecule has 0 aliphatic carbocycles. The van der Waals surface area contributed by atoms with Crippen LogP contribution in [0.15, 0.2) is 29.6 Å². The SMILES string of the molecule is CCOC(=O)c1nc(NC(=O)CCNC(=O)c2cc(Nc3nc(NC(=O)CCN=C(NC(=O)OC(C)(C)C)NC(=O)OC(C)(C)C)cn3C)cn2C)cn1C. The minimum atomic E-state index is -0.859. The van der Waals surface area contributed by atoms with E-state index in [9.17, 15) is 28.8 Å². The molecule has 0 spiro atoms. The molecule has 0 fully saturated rings. The number of imidazole rings is 2. The Kier molecular flexibility index (Phi) is 14.5. The molecule has 0 unspecified atom stereocenters. The number of nitrogens with one attached hydrogen (secondary N) is 6. The molecule has 0 saturated carbocycles. The number of ether oxygens (including phenoxy) is 3. The number of guanidine groups is 1. The molecule has 0 radical (unpaired) electrons. The van der Waals surface area contributed by atoms with Crippen molar-refractivity contribution in [3.05, 3.63) is 36.2 Å². The van der Waals surface area contributed by atoms with Crippen LogP contribution in [0.4, 0.5) is 32.9 Å². The number of carbonyl (C=O) groups is 6. The van der Waals surface area contributed by atoms with Crippen LogP contribution < -0.4 is 31.9 Å². The second-order valence-electron chi connectivity index (χ2n) is 14.0. The van der Waals surface area contributed by atoms with Gasteiger partial charge < -0.3 is 49.2 Å². The summed E-state index contributed by atoms with van der Waals surface area (Å²) in [6.45, 7) is 11.8. The van der Waals surface area contributed by atoms with Gasteiger partial charge in [-0.25, -0.2) is 19.4 Å². The van der Waals surface area contributed by atoms with Crippen molar-refractivity contribution in [3.63, 3.8) is 0 Å². The summed E-state index contributed by atoms with van der Waals surface area (Å²) >= 11 is 0. The van der Waals surface area contributed by atoms with Crippen LogP contribution in [0.3, 0.4) is 0 Å². The van der Waals surface area contributed by atoms with Crippen molar-refractivity contribution in [2.24, 2.45) is 26.1 Å². The number of anilines is 4. The van der Waals surface area contributed by atoms with Crippen LogP contribution in [0, 0.1) is 0 Å². The van der Waals surface area contributed by atoms with Crippen LogP contribution in [-0.2, 0) is 44.9 Å². The van der Waals surface area contributed by atoms with Gasteiger partial charge in [0.15, 0.2) is 11.6 Å². The first-order valence-electron chi connectivity index (χ1n) is 17.2. The molecule has 6 N–H and O–H groups in total. The van der Waals surface area contributed by atoms with E-state index in [1.165, 1.54) is 10.8 Å². The molecule has 3 aromatic heterocycles. The molecule has 5 amide bonds. The summed E-state index contributed by atoms with van der Waals surface area (Å²) in [6.07, 6.45) is 2.83. The minimum absolute atomic E-state index is 0.0335. The van der Waals surface area contributed by atoms with Crippen LogP contribution >= 0.6 is 0 Å². The fourth-order valence-electron chi connectivity index (χ4n) is 4.51. The molecular formula is C34H50N12O9. The van der Waals surface area contributed by atoms with Crippen molar-refractivity contribution in [3.8, 4) is 0 Å². The maximum absolute atomic E-state index is 12.9. The first-order valence-corrected chi connectivity index (χ1v) is 17.2.